The van der Waals surface area contributed by atoms with E-state index in [1.807, 2.05) is 0 Å². The van der Waals surface area contributed by atoms with Gasteiger partial charge in [-0.25, -0.2) is 0 Å². The molecule has 9 heteroatoms. The molecule has 2 aliphatic rings. The maximum Gasteiger partial charge on any atom is 0.238 e. The maximum atomic E-state index is 12.1. The molecule has 188 valence electrons. The van der Waals surface area contributed by atoms with Gasteiger partial charge in [0.15, 0.2) is 0 Å². The number of hydrogen-bond acceptors (Lipinski definition) is 7. The van der Waals surface area contributed by atoms with Crippen molar-refractivity contribution in [3.63, 3.8) is 0 Å². The highest BCUT2D eigenvalue weighted by molar-refractivity contribution is 5.92. The van der Waals surface area contributed by atoms with Crippen LogP contribution in [0.1, 0.15) is 25.7 Å². The highest BCUT2D eigenvalue weighted by Gasteiger charge is 2.16. The van der Waals surface area contributed by atoms with Gasteiger partial charge in [-0.1, -0.05) is 0 Å². The lowest BCUT2D eigenvalue weighted by atomic mass is 10.2. The van der Waals surface area contributed by atoms with Crippen LogP contribution >= 0.6 is 0 Å². The maximum absolute atomic E-state index is 12.1. The Morgan fingerprint density at radius 3 is 1.51 bits per heavy atom. The lowest BCUT2D eigenvalue weighted by molar-refractivity contribution is -0.116. The first-order valence-corrected chi connectivity index (χ1v) is 12.3. The average Bonchev–Trinajstić information content (AvgIpc) is 3.56. The van der Waals surface area contributed by atoms with Gasteiger partial charge in [0.1, 0.15) is 11.5 Å². The van der Waals surface area contributed by atoms with Gasteiger partial charge in [0, 0.05) is 37.7 Å². The van der Waals surface area contributed by atoms with Gasteiger partial charge in [-0.15, -0.1) is 0 Å². The summed E-state index contributed by atoms with van der Waals surface area (Å²) in [5.41, 5.74) is 1.40. The summed E-state index contributed by atoms with van der Waals surface area (Å²) in [7, 11) is 0. The third kappa shape index (κ3) is 8.63. The van der Waals surface area contributed by atoms with Crippen molar-refractivity contribution in [2.45, 2.75) is 37.9 Å². The van der Waals surface area contributed by atoms with Crippen molar-refractivity contribution in [1.29, 1.82) is 0 Å². The quantitative estimate of drug-likeness (QED) is 0.368. The fourth-order valence-corrected chi connectivity index (χ4v) is 4.06. The number of rotatable bonds is 12. The smallest absolute Gasteiger partial charge is 0.238 e. The zero-order chi connectivity index (χ0) is 24.3. The van der Waals surface area contributed by atoms with Gasteiger partial charge < -0.3 is 35.5 Å². The fraction of sp³-hybridized carbons (Fsp3) is 0.462. The molecule has 2 heterocycles. The number of hydrogen-bond donors (Lipinski definition) is 4. The molecule has 2 aromatic carbocycles. The summed E-state index contributed by atoms with van der Waals surface area (Å²) in [6.07, 6.45) is 4.68. The van der Waals surface area contributed by atoms with Crippen LogP contribution in [0.25, 0.3) is 0 Å². The predicted octanol–water partition coefficient (Wildman–Crippen LogP) is 2.89. The molecule has 4 rings (SSSR count). The largest absolute Gasteiger partial charge is 0.457 e. The number of anilines is 2. The van der Waals surface area contributed by atoms with Gasteiger partial charge in [-0.3, -0.25) is 9.59 Å². The van der Waals surface area contributed by atoms with E-state index in [1.165, 1.54) is 0 Å². The molecule has 0 aromatic heterocycles. The van der Waals surface area contributed by atoms with Gasteiger partial charge in [-0.05, 0) is 74.2 Å². The van der Waals surface area contributed by atoms with Crippen molar-refractivity contribution in [2.75, 3.05) is 50.0 Å². The topological polar surface area (TPSA) is 110 Å². The molecule has 4 N–H and O–H groups in total. The normalized spacial score (nSPS) is 19.4. The van der Waals surface area contributed by atoms with Crippen LogP contribution in [-0.2, 0) is 19.1 Å². The Hall–Kier alpha value is -2.98. The molecule has 0 unspecified atom stereocenters. The van der Waals surface area contributed by atoms with Crippen LogP contribution < -0.4 is 26.0 Å². The van der Waals surface area contributed by atoms with Gasteiger partial charge in [0.2, 0.25) is 11.8 Å². The van der Waals surface area contributed by atoms with Crippen LogP contribution in [0.3, 0.4) is 0 Å². The molecular weight excluding hydrogens is 448 g/mol. The van der Waals surface area contributed by atoms with E-state index in [2.05, 4.69) is 21.3 Å². The van der Waals surface area contributed by atoms with Crippen LogP contribution in [0, 0.1) is 0 Å². The van der Waals surface area contributed by atoms with Crippen molar-refractivity contribution in [1.82, 2.24) is 10.6 Å². The summed E-state index contributed by atoms with van der Waals surface area (Å²) in [5.74, 6) is 1.09. The molecular formula is C26H34N4O5. The molecule has 2 aromatic rings. The summed E-state index contributed by atoms with van der Waals surface area (Å²) in [6, 6.07) is 14.4. The van der Waals surface area contributed by atoms with Crippen molar-refractivity contribution in [2.24, 2.45) is 0 Å². The van der Waals surface area contributed by atoms with E-state index in [0.717, 1.165) is 38.9 Å². The Morgan fingerprint density at radius 1 is 0.714 bits per heavy atom. The number of amides is 2. The number of carbonyl (C=O) groups is 2. The van der Waals surface area contributed by atoms with Crippen molar-refractivity contribution in [3.05, 3.63) is 48.5 Å². The molecule has 35 heavy (non-hydrogen) atoms. The summed E-state index contributed by atoms with van der Waals surface area (Å²) >= 11 is 0. The highest BCUT2D eigenvalue weighted by atomic mass is 16.5. The van der Waals surface area contributed by atoms with Gasteiger partial charge in [0.25, 0.3) is 0 Å². The van der Waals surface area contributed by atoms with Crippen LogP contribution in [0.15, 0.2) is 48.5 Å². The molecule has 2 aliphatic heterocycles. The van der Waals surface area contributed by atoms with Crippen LogP contribution in [0.2, 0.25) is 0 Å². The van der Waals surface area contributed by atoms with Crippen LogP contribution in [0.4, 0.5) is 11.4 Å². The molecule has 0 bridgehead atoms. The molecule has 0 aliphatic carbocycles. The zero-order valence-electron chi connectivity index (χ0n) is 19.9. The second kappa shape index (κ2) is 13.2. The third-order valence-electron chi connectivity index (χ3n) is 5.87. The summed E-state index contributed by atoms with van der Waals surface area (Å²) in [4.78, 5) is 24.2. The number of carbonyl (C=O) groups excluding carboxylic acids is 2. The first-order valence-electron chi connectivity index (χ1n) is 12.3. The molecule has 2 amide bonds. The molecule has 0 radical (unpaired) electrons. The Labute approximate surface area is 205 Å². The molecule has 2 saturated heterocycles. The monoisotopic (exact) mass is 482 g/mol. The summed E-state index contributed by atoms with van der Waals surface area (Å²) in [5, 5.41) is 12.0. The van der Waals surface area contributed by atoms with E-state index in [1.54, 1.807) is 48.5 Å². The second-order valence-corrected chi connectivity index (χ2v) is 8.78. The Kier molecular flexibility index (Phi) is 9.47. The van der Waals surface area contributed by atoms with Crippen LogP contribution in [0.5, 0.6) is 11.5 Å². The van der Waals surface area contributed by atoms with Gasteiger partial charge in [0.05, 0.1) is 25.3 Å². The average molecular weight is 483 g/mol. The van der Waals surface area contributed by atoms with Gasteiger partial charge in [-0.2, -0.15) is 0 Å². The summed E-state index contributed by atoms with van der Waals surface area (Å²) in [6.45, 7) is 3.48. The lowest BCUT2D eigenvalue weighted by Gasteiger charge is -2.12. The minimum atomic E-state index is -0.101. The predicted molar refractivity (Wildman–Crippen MR) is 134 cm³/mol. The molecule has 9 nitrogen and oxygen atoms in total. The first-order chi connectivity index (χ1) is 17.1. The van der Waals surface area contributed by atoms with E-state index < -0.39 is 0 Å². The lowest BCUT2D eigenvalue weighted by Crippen LogP contribution is -2.33. The number of benzene rings is 2. The SMILES string of the molecule is O=C(CNC[C@H]1CCCO1)Nc1ccc(Oc2ccc(NC(=O)CNC[C@H]3CCCO3)cc2)cc1. The number of nitrogens with one attached hydrogen (secondary N) is 4. The Morgan fingerprint density at radius 2 is 1.14 bits per heavy atom. The second-order valence-electron chi connectivity index (χ2n) is 8.78. The Bertz CT molecular complexity index is 862. The fourth-order valence-electron chi connectivity index (χ4n) is 4.06. The highest BCUT2D eigenvalue weighted by Crippen LogP contribution is 2.24. The van der Waals surface area contributed by atoms with E-state index in [4.69, 9.17) is 14.2 Å². The minimum Gasteiger partial charge on any atom is -0.457 e. The number of ether oxygens (including phenoxy) is 3. The van der Waals surface area contributed by atoms with E-state index in [-0.39, 0.29) is 37.1 Å². The molecule has 2 fully saturated rings. The van der Waals surface area contributed by atoms with Crippen molar-refractivity contribution >= 4 is 23.2 Å². The van der Waals surface area contributed by atoms with Crippen molar-refractivity contribution < 1.29 is 23.8 Å². The zero-order valence-corrected chi connectivity index (χ0v) is 19.9. The molecule has 0 spiro atoms. The van der Waals surface area contributed by atoms with E-state index in [0.29, 0.717) is 36.0 Å². The third-order valence-corrected chi connectivity index (χ3v) is 5.87. The van der Waals surface area contributed by atoms with E-state index >= 15 is 0 Å². The summed E-state index contributed by atoms with van der Waals surface area (Å²) < 4.78 is 16.9. The molecule has 0 saturated carbocycles. The van der Waals surface area contributed by atoms with Crippen molar-refractivity contribution in [3.8, 4) is 11.5 Å². The minimum absolute atomic E-state index is 0.101. The standard InChI is InChI=1S/C26H34N4O5/c31-25(17-27-15-23-3-1-13-33-23)29-19-5-9-21(10-6-19)35-22-11-7-20(8-12-22)30-26(32)18-28-16-24-4-2-14-34-24/h5-12,23-24,27-28H,1-4,13-18H2,(H,29,31)(H,30,32)/t23-,24-/m1/s1. The molecule has 2 atom stereocenters. The van der Waals surface area contributed by atoms with E-state index in [9.17, 15) is 9.59 Å². The van der Waals surface area contributed by atoms with Gasteiger partial charge >= 0.3 is 0 Å². The van der Waals surface area contributed by atoms with Crippen LogP contribution in [-0.4, -0.2) is 63.4 Å². The Balaban J connectivity index is 1.15. The first kappa shape index (κ1) is 25.1.